The van der Waals surface area contributed by atoms with E-state index >= 15 is 0 Å². The van der Waals surface area contributed by atoms with Gasteiger partial charge in [0.1, 0.15) is 10.6 Å². The molecule has 0 unspecified atom stereocenters. The standard InChI is InChI=1S/C18H20N4O2S/c1-11-7-5-6-8-13(11)18-20-12(2)15(25-18)9-19-16(23)14-10-22(3)21-17(14)24-4/h5-8,10H,9H2,1-4H3,(H,19,23). The van der Waals surface area contributed by atoms with Crippen molar-refractivity contribution in [2.75, 3.05) is 7.11 Å². The van der Waals surface area contributed by atoms with E-state index in [1.165, 1.54) is 12.7 Å². The van der Waals surface area contributed by atoms with Crippen LogP contribution in [-0.2, 0) is 13.6 Å². The van der Waals surface area contributed by atoms with Gasteiger partial charge in [0, 0.05) is 23.7 Å². The van der Waals surface area contributed by atoms with Gasteiger partial charge in [0.2, 0.25) is 5.88 Å². The second-order valence-electron chi connectivity index (χ2n) is 5.75. The van der Waals surface area contributed by atoms with Gasteiger partial charge in [0.05, 0.1) is 19.3 Å². The summed E-state index contributed by atoms with van der Waals surface area (Å²) >= 11 is 1.60. The Kier molecular flexibility index (Phi) is 4.85. The molecule has 0 saturated heterocycles. The number of aryl methyl sites for hydroxylation is 3. The first kappa shape index (κ1) is 17.2. The number of nitrogens with one attached hydrogen (secondary N) is 1. The van der Waals surface area contributed by atoms with Gasteiger partial charge in [-0.25, -0.2) is 4.98 Å². The maximum Gasteiger partial charge on any atom is 0.258 e. The summed E-state index contributed by atoms with van der Waals surface area (Å²) in [5.74, 6) is 0.108. The van der Waals surface area contributed by atoms with Crippen LogP contribution in [-0.4, -0.2) is 27.8 Å². The molecule has 7 heteroatoms. The molecule has 0 aliphatic carbocycles. The van der Waals surface area contributed by atoms with Gasteiger partial charge in [-0.3, -0.25) is 9.48 Å². The summed E-state index contributed by atoms with van der Waals surface area (Å²) in [7, 11) is 3.25. The molecule has 3 rings (SSSR count). The molecule has 1 aromatic carbocycles. The first-order valence-electron chi connectivity index (χ1n) is 7.87. The van der Waals surface area contributed by atoms with Crippen molar-refractivity contribution in [2.45, 2.75) is 20.4 Å². The molecule has 3 aromatic rings. The number of benzene rings is 1. The number of hydrogen-bond acceptors (Lipinski definition) is 5. The van der Waals surface area contributed by atoms with Crippen LogP contribution in [0.1, 0.15) is 26.5 Å². The smallest absolute Gasteiger partial charge is 0.258 e. The van der Waals surface area contributed by atoms with Gasteiger partial charge >= 0.3 is 0 Å². The van der Waals surface area contributed by atoms with Gasteiger partial charge in [-0.2, -0.15) is 0 Å². The van der Waals surface area contributed by atoms with Crippen molar-refractivity contribution in [1.82, 2.24) is 20.1 Å². The largest absolute Gasteiger partial charge is 0.479 e. The number of carbonyl (C=O) groups excluding carboxylic acids is 1. The summed E-state index contributed by atoms with van der Waals surface area (Å²) < 4.78 is 6.69. The molecule has 0 bridgehead atoms. The van der Waals surface area contributed by atoms with Crippen LogP contribution in [0.3, 0.4) is 0 Å². The van der Waals surface area contributed by atoms with E-state index in [9.17, 15) is 4.79 Å². The van der Waals surface area contributed by atoms with Crippen LogP contribution in [0.15, 0.2) is 30.5 Å². The van der Waals surface area contributed by atoms with E-state index in [1.54, 1.807) is 29.3 Å². The van der Waals surface area contributed by atoms with Crippen LogP contribution in [0.2, 0.25) is 0 Å². The molecule has 25 heavy (non-hydrogen) atoms. The molecule has 0 saturated carbocycles. The SMILES string of the molecule is COc1nn(C)cc1C(=O)NCc1sc(-c2ccccc2C)nc1C. The molecular formula is C18H20N4O2S. The first-order chi connectivity index (χ1) is 12.0. The predicted molar refractivity (Wildman–Crippen MR) is 98.0 cm³/mol. The number of amides is 1. The number of aromatic nitrogens is 3. The van der Waals surface area contributed by atoms with Gasteiger partial charge in [-0.1, -0.05) is 24.3 Å². The average molecular weight is 356 g/mol. The lowest BCUT2D eigenvalue weighted by Crippen LogP contribution is -2.22. The Bertz CT molecular complexity index is 914. The van der Waals surface area contributed by atoms with E-state index in [-0.39, 0.29) is 5.91 Å². The molecule has 1 N–H and O–H groups in total. The zero-order chi connectivity index (χ0) is 18.0. The van der Waals surface area contributed by atoms with Crippen molar-refractivity contribution in [3.05, 3.63) is 52.2 Å². The van der Waals surface area contributed by atoms with E-state index in [2.05, 4.69) is 34.5 Å². The molecule has 0 spiro atoms. The minimum Gasteiger partial charge on any atom is -0.479 e. The fraction of sp³-hybridized carbons (Fsp3) is 0.278. The molecule has 1 amide bonds. The quantitative estimate of drug-likeness (QED) is 0.763. The first-order valence-corrected chi connectivity index (χ1v) is 8.69. The lowest BCUT2D eigenvalue weighted by molar-refractivity contribution is 0.0948. The maximum atomic E-state index is 12.4. The third kappa shape index (κ3) is 3.56. The minimum absolute atomic E-state index is 0.213. The normalized spacial score (nSPS) is 10.7. The van der Waals surface area contributed by atoms with Crippen molar-refractivity contribution in [3.63, 3.8) is 0 Å². The molecular weight excluding hydrogens is 336 g/mol. The Morgan fingerprint density at radius 2 is 2.08 bits per heavy atom. The molecule has 6 nitrogen and oxygen atoms in total. The van der Waals surface area contributed by atoms with Crippen molar-refractivity contribution >= 4 is 17.2 Å². The van der Waals surface area contributed by atoms with E-state index < -0.39 is 0 Å². The Labute approximate surface area is 150 Å². The second-order valence-corrected chi connectivity index (χ2v) is 6.83. The minimum atomic E-state index is -0.213. The van der Waals surface area contributed by atoms with Gasteiger partial charge < -0.3 is 10.1 Å². The maximum absolute atomic E-state index is 12.4. The average Bonchev–Trinajstić information content (AvgIpc) is 3.15. The Morgan fingerprint density at radius 1 is 1.32 bits per heavy atom. The summed E-state index contributed by atoms with van der Waals surface area (Å²) in [4.78, 5) is 18.1. The van der Waals surface area contributed by atoms with Gasteiger partial charge in [0.15, 0.2) is 0 Å². The highest BCUT2D eigenvalue weighted by Crippen LogP contribution is 2.30. The highest BCUT2D eigenvalue weighted by molar-refractivity contribution is 7.15. The number of nitrogens with zero attached hydrogens (tertiary/aromatic N) is 3. The van der Waals surface area contributed by atoms with Crippen molar-refractivity contribution in [2.24, 2.45) is 7.05 Å². The fourth-order valence-corrected chi connectivity index (χ4v) is 3.64. The lowest BCUT2D eigenvalue weighted by Gasteiger charge is -2.03. The molecule has 2 heterocycles. The molecule has 0 radical (unpaired) electrons. The highest BCUT2D eigenvalue weighted by Gasteiger charge is 2.17. The number of rotatable bonds is 5. The number of carbonyl (C=O) groups is 1. The second kappa shape index (κ2) is 7.06. The summed E-state index contributed by atoms with van der Waals surface area (Å²) in [5.41, 5.74) is 3.67. The number of thiazole rings is 1. The van der Waals surface area contributed by atoms with Crippen LogP contribution in [0.5, 0.6) is 5.88 Å². The lowest BCUT2D eigenvalue weighted by atomic mass is 10.1. The van der Waals surface area contributed by atoms with Gasteiger partial charge in [-0.15, -0.1) is 16.4 Å². The van der Waals surface area contributed by atoms with Gasteiger partial charge in [-0.05, 0) is 19.4 Å². The zero-order valence-corrected chi connectivity index (χ0v) is 15.5. The number of methoxy groups -OCH3 is 1. The molecule has 130 valence electrons. The summed E-state index contributed by atoms with van der Waals surface area (Å²) in [5, 5.41) is 7.99. The van der Waals surface area contributed by atoms with Crippen LogP contribution in [0, 0.1) is 13.8 Å². The molecule has 0 atom stereocenters. The van der Waals surface area contributed by atoms with Gasteiger partial charge in [0.25, 0.3) is 5.91 Å². The molecule has 0 fully saturated rings. The predicted octanol–water partition coefficient (Wildman–Crippen LogP) is 3.10. The van der Waals surface area contributed by atoms with Crippen LogP contribution in [0.25, 0.3) is 10.6 Å². The van der Waals surface area contributed by atoms with Crippen molar-refractivity contribution in [1.29, 1.82) is 0 Å². The Morgan fingerprint density at radius 3 is 2.80 bits per heavy atom. The summed E-state index contributed by atoms with van der Waals surface area (Å²) in [6, 6.07) is 8.16. The van der Waals surface area contributed by atoms with Crippen LogP contribution >= 0.6 is 11.3 Å². The molecule has 2 aromatic heterocycles. The summed E-state index contributed by atoms with van der Waals surface area (Å²) in [6.45, 7) is 4.46. The topological polar surface area (TPSA) is 69.0 Å². The monoisotopic (exact) mass is 356 g/mol. The van der Waals surface area contributed by atoms with E-state index in [0.717, 1.165) is 21.1 Å². The molecule has 0 aliphatic rings. The Balaban J connectivity index is 1.76. The third-order valence-electron chi connectivity index (χ3n) is 3.91. The van der Waals surface area contributed by atoms with Crippen LogP contribution < -0.4 is 10.1 Å². The Hall–Kier alpha value is -2.67. The van der Waals surface area contributed by atoms with Crippen LogP contribution in [0.4, 0.5) is 0 Å². The zero-order valence-electron chi connectivity index (χ0n) is 14.7. The van der Waals surface area contributed by atoms with Crippen molar-refractivity contribution < 1.29 is 9.53 Å². The number of ether oxygens (including phenoxy) is 1. The highest BCUT2D eigenvalue weighted by atomic mass is 32.1. The van der Waals surface area contributed by atoms with E-state index in [1.807, 2.05) is 19.1 Å². The van der Waals surface area contributed by atoms with Crippen molar-refractivity contribution in [3.8, 4) is 16.5 Å². The number of hydrogen-bond donors (Lipinski definition) is 1. The summed E-state index contributed by atoms with van der Waals surface area (Å²) in [6.07, 6.45) is 1.65. The van der Waals surface area contributed by atoms with E-state index in [0.29, 0.717) is 18.0 Å². The third-order valence-corrected chi connectivity index (χ3v) is 5.10. The van der Waals surface area contributed by atoms with E-state index in [4.69, 9.17) is 4.74 Å². The molecule has 0 aliphatic heterocycles. The fourth-order valence-electron chi connectivity index (χ4n) is 2.55.